The number of hydrogen-bond donors (Lipinski definition) is 0. The van der Waals surface area contributed by atoms with Crippen molar-refractivity contribution in [1.82, 2.24) is 19.6 Å². The fraction of sp³-hybridized carbons (Fsp3) is 0.150. The van der Waals surface area contributed by atoms with Crippen molar-refractivity contribution in [2.45, 2.75) is 20.4 Å². The second kappa shape index (κ2) is 6.73. The van der Waals surface area contributed by atoms with Crippen LogP contribution in [0.1, 0.15) is 16.8 Å². The lowest BCUT2D eigenvalue weighted by atomic mass is 10.2. The van der Waals surface area contributed by atoms with E-state index in [1.165, 1.54) is 16.8 Å². The van der Waals surface area contributed by atoms with Crippen LogP contribution in [0.5, 0.6) is 0 Å². The molecule has 0 aliphatic rings. The zero-order chi connectivity index (χ0) is 19.8. The molecule has 28 heavy (non-hydrogen) atoms. The summed E-state index contributed by atoms with van der Waals surface area (Å²) in [5, 5.41) is 20.5. The number of hydrogen-bond acceptors (Lipinski definition) is 5. The number of fused-ring (bicyclic) bond motifs is 1. The fourth-order valence-electron chi connectivity index (χ4n) is 3.25. The minimum absolute atomic E-state index is 0.0201. The van der Waals surface area contributed by atoms with Crippen LogP contribution >= 0.6 is 0 Å². The van der Waals surface area contributed by atoms with Gasteiger partial charge < -0.3 is 0 Å². The van der Waals surface area contributed by atoms with E-state index in [0.717, 1.165) is 11.3 Å². The summed E-state index contributed by atoms with van der Waals surface area (Å²) in [5.74, 6) is 0. The largest absolute Gasteiger partial charge is 0.293 e. The second-order valence-electron chi connectivity index (χ2n) is 6.58. The van der Waals surface area contributed by atoms with E-state index >= 15 is 0 Å². The van der Waals surface area contributed by atoms with Crippen molar-refractivity contribution >= 4 is 16.6 Å². The molecule has 2 aromatic heterocycles. The van der Waals surface area contributed by atoms with E-state index in [0.29, 0.717) is 22.2 Å². The SMILES string of the molecule is Cc1ccccc1-n1ncc2c(C)nn(Cc3cccc([N+](=O)[O-])c3)c(=O)c21. The Morgan fingerprint density at radius 1 is 1.11 bits per heavy atom. The molecule has 0 aliphatic heterocycles. The molecule has 8 nitrogen and oxygen atoms in total. The molecular formula is C20H17N5O3. The highest BCUT2D eigenvalue weighted by atomic mass is 16.6. The predicted octanol–water partition coefficient (Wildman–Crippen LogP) is 3.16. The lowest BCUT2D eigenvalue weighted by Gasteiger charge is -2.10. The molecule has 0 radical (unpaired) electrons. The van der Waals surface area contributed by atoms with Crippen molar-refractivity contribution in [2.24, 2.45) is 0 Å². The van der Waals surface area contributed by atoms with Gasteiger partial charge in [-0.05, 0) is 31.0 Å². The quantitative estimate of drug-likeness (QED) is 0.403. The molecule has 0 aliphatic carbocycles. The van der Waals surface area contributed by atoms with Gasteiger partial charge in [-0.15, -0.1) is 0 Å². The van der Waals surface area contributed by atoms with Crippen LogP contribution in [0.4, 0.5) is 5.69 Å². The average Bonchev–Trinajstić information content (AvgIpc) is 3.12. The molecule has 2 aromatic carbocycles. The maximum atomic E-state index is 13.2. The highest BCUT2D eigenvalue weighted by Gasteiger charge is 2.16. The molecule has 0 fully saturated rings. The van der Waals surface area contributed by atoms with Crippen molar-refractivity contribution in [3.63, 3.8) is 0 Å². The molecule has 0 spiro atoms. The van der Waals surface area contributed by atoms with Gasteiger partial charge in [0.2, 0.25) is 0 Å². The Morgan fingerprint density at radius 3 is 2.64 bits per heavy atom. The van der Waals surface area contributed by atoms with Crippen molar-refractivity contribution in [1.29, 1.82) is 0 Å². The van der Waals surface area contributed by atoms with E-state index < -0.39 is 4.92 Å². The van der Waals surface area contributed by atoms with Crippen molar-refractivity contribution < 1.29 is 4.92 Å². The van der Waals surface area contributed by atoms with E-state index in [2.05, 4.69) is 10.2 Å². The number of nitro benzene ring substituents is 1. The first-order valence-electron chi connectivity index (χ1n) is 8.70. The van der Waals surface area contributed by atoms with Gasteiger partial charge in [-0.3, -0.25) is 14.9 Å². The molecule has 140 valence electrons. The Morgan fingerprint density at radius 2 is 1.89 bits per heavy atom. The summed E-state index contributed by atoms with van der Waals surface area (Å²) < 4.78 is 2.96. The number of nitro groups is 1. The van der Waals surface area contributed by atoms with Crippen LogP contribution in [0.2, 0.25) is 0 Å². The summed E-state index contributed by atoms with van der Waals surface area (Å²) in [4.78, 5) is 23.7. The third kappa shape index (κ3) is 2.94. The molecule has 0 saturated carbocycles. The Balaban J connectivity index is 1.87. The number of benzene rings is 2. The van der Waals surface area contributed by atoms with Gasteiger partial charge in [-0.2, -0.15) is 10.2 Å². The first kappa shape index (κ1) is 17.6. The lowest BCUT2D eigenvalue weighted by molar-refractivity contribution is -0.384. The van der Waals surface area contributed by atoms with Crippen LogP contribution in [-0.2, 0) is 6.54 Å². The predicted molar refractivity (Wildman–Crippen MR) is 105 cm³/mol. The van der Waals surface area contributed by atoms with Gasteiger partial charge in [0.05, 0.1) is 29.0 Å². The normalized spacial score (nSPS) is 11.1. The van der Waals surface area contributed by atoms with Crippen LogP contribution in [0, 0.1) is 24.0 Å². The monoisotopic (exact) mass is 375 g/mol. The zero-order valence-electron chi connectivity index (χ0n) is 15.4. The topological polar surface area (TPSA) is 95.8 Å². The summed E-state index contributed by atoms with van der Waals surface area (Å²) in [6.45, 7) is 3.91. The van der Waals surface area contributed by atoms with Gasteiger partial charge in [0, 0.05) is 17.5 Å². The lowest BCUT2D eigenvalue weighted by Crippen LogP contribution is -2.26. The zero-order valence-corrected chi connectivity index (χ0v) is 15.4. The Labute approximate surface area is 159 Å². The molecule has 0 atom stereocenters. The number of aromatic nitrogens is 4. The smallest absolute Gasteiger partial charge is 0.265 e. The minimum atomic E-state index is -0.457. The highest BCUT2D eigenvalue weighted by molar-refractivity contribution is 5.81. The summed E-state index contributed by atoms with van der Waals surface area (Å²) in [6.07, 6.45) is 1.64. The van der Waals surface area contributed by atoms with E-state index in [1.54, 1.807) is 23.0 Å². The van der Waals surface area contributed by atoms with E-state index in [1.807, 2.05) is 38.1 Å². The van der Waals surface area contributed by atoms with E-state index in [-0.39, 0.29) is 17.8 Å². The van der Waals surface area contributed by atoms with Crippen LogP contribution in [0.3, 0.4) is 0 Å². The minimum Gasteiger partial charge on any atom is -0.265 e. The molecule has 0 amide bonds. The summed E-state index contributed by atoms with van der Waals surface area (Å²) in [5.41, 5.74) is 3.23. The average molecular weight is 375 g/mol. The van der Waals surface area contributed by atoms with E-state index in [4.69, 9.17) is 0 Å². The first-order chi connectivity index (χ1) is 13.5. The van der Waals surface area contributed by atoms with Gasteiger partial charge in [0.25, 0.3) is 11.2 Å². The molecule has 0 N–H and O–H groups in total. The van der Waals surface area contributed by atoms with Crippen molar-refractivity contribution in [3.8, 4) is 5.69 Å². The van der Waals surface area contributed by atoms with Gasteiger partial charge in [0.1, 0.15) is 5.52 Å². The number of aryl methyl sites for hydroxylation is 2. The van der Waals surface area contributed by atoms with Crippen molar-refractivity contribution in [3.05, 3.63) is 92.0 Å². The number of rotatable bonds is 4. The maximum absolute atomic E-state index is 13.2. The summed E-state index contributed by atoms with van der Waals surface area (Å²) >= 11 is 0. The maximum Gasteiger partial charge on any atom is 0.293 e. The van der Waals surface area contributed by atoms with Crippen LogP contribution in [-0.4, -0.2) is 24.5 Å². The molecule has 4 rings (SSSR count). The highest BCUT2D eigenvalue weighted by Crippen LogP contribution is 2.20. The number of nitrogens with zero attached hydrogens (tertiary/aromatic N) is 5. The van der Waals surface area contributed by atoms with Crippen LogP contribution in [0.15, 0.2) is 59.5 Å². The third-order valence-electron chi connectivity index (χ3n) is 4.66. The number of para-hydroxylation sites is 1. The van der Waals surface area contributed by atoms with E-state index in [9.17, 15) is 14.9 Å². The van der Waals surface area contributed by atoms with Crippen LogP contribution < -0.4 is 5.56 Å². The molecule has 0 bridgehead atoms. The Hall–Kier alpha value is -3.81. The van der Waals surface area contributed by atoms with Crippen LogP contribution in [0.25, 0.3) is 16.6 Å². The Bertz CT molecular complexity index is 1270. The molecule has 8 heteroatoms. The number of non-ortho nitro benzene ring substituents is 1. The molecular weight excluding hydrogens is 358 g/mol. The molecule has 0 unspecified atom stereocenters. The molecule has 2 heterocycles. The fourth-order valence-corrected chi connectivity index (χ4v) is 3.25. The summed E-state index contributed by atoms with van der Waals surface area (Å²) in [6, 6.07) is 13.9. The summed E-state index contributed by atoms with van der Waals surface area (Å²) in [7, 11) is 0. The standard InChI is InChI=1S/C20H17N5O3/c1-13-6-3-4-9-18(13)24-19-17(11-21-24)14(2)22-23(20(19)26)12-15-7-5-8-16(10-15)25(27)28/h3-11H,12H2,1-2H3. The Kier molecular flexibility index (Phi) is 4.23. The second-order valence-corrected chi connectivity index (χ2v) is 6.58. The first-order valence-corrected chi connectivity index (χ1v) is 8.70. The van der Waals surface area contributed by atoms with Crippen molar-refractivity contribution in [2.75, 3.05) is 0 Å². The van der Waals surface area contributed by atoms with Gasteiger partial charge in [0.15, 0.2) is 0 Å². The molecule has 0 saturated heterocycles. The van der Waals surface area contributed by atoms with Gasteiger partial charge >= 0.3 is 0 Å². The van der Waals surface area contributed by atoms with Gasteiger partial charge in [-0.1, -0.05) is 30.3 Å². The molecule has 4 aromatic rings. The third-order valence-corrected chi connectivity index (χ3v) is 4.66. The van der Waals surface area contributed by atoms with Gasteiger partial charge in [-0.25, -0.2) is 9.36 Å².